The lowest BCUT2D eigenvalue weighted by Crippen LogP contribution is -2.47. The second-order valence-corrected chi connectivity index (χ2v) is 7.02. The first-order valence-electron chi connectivity index (χ1n) is 8.37. The number of carbonyl (C=O) groups is 1. The van der Waals surface area contributed by atoms with E-state index in [0.717, 1.165) is 18.8 Å². The molecule has 0 aromatic carbocycles. The molecule has 1 heterocycles. The summed E-state index contributed by atoms with van der Waals surface area (Å²) in [4.78, 5) is 18.3. The van der Waals surface area contributed by atoms with Crippen molar-refractivity contribution in [3.05, 3.63) is 11.6 Å². The molecule has 0 saturated carbocycles. The van der Waals surface area contributed by atoms with Crippen LogP contribution in [0.25, 0.3) is 0 Å². The number of hydrogen-bond acceptors (Lipinski definition) is 4. The predicted molar refractivity (Wildman–Crippen MR) is 89.3 cm³/mol. The van der Waals surface area contributed by atoms with E-state index in [0.29, 0.717) is 19.6 Å². The normalized spacial score (nSPS) is 19.3. The van der Waals surface area contributed by atoms with Gasteiger partial charge in [0.15, 0.2) is 0 Å². The Kier molecular flexibility index (Phi) is 5.86. The van der Waals surface area contributed by atoms with Crippen molar-refractivity contribution in [1.29, 1.82) is 0 Å². The predicted octanol–water partition coefficient (Wildman–Crippen LogP) is 3.12. The number of aliphatic imine (C=N–C) groups is 1. The largest absolute Gasteiger partial charge is 0.444 e. The molecule has 0 aromatic heterocycles. The minimum absolute atomic E-state index is 0.253. The number of nitrogens with zero attached hydrogens (tertiary/aromatic N) is 2. The first kappa shape index (κ1) is 16.8. The van der Waals surface area contributed by atoms with Crippen molar-refractivity contribution in [2.45, 2.75) is 58.5 Å². The van der Waals surface area contributed by atoms with Crippen molar-refractivity contribution < 1.29 is 9.53 Å². The summed E-state index contributed by atoms with van der Waals surface area (Å²) in [5.74, 6) is 0.897. The van der Waals surface area contributed by atoms with E-state index in [-0.39, 0.29) is 6.09 Å². The first-order valence-corrected chi connectivity index (χ1v) is 8.37. The molecule has 1 aliphatic heterocycles. The molecule has 0 fully saturated rings. The number of amidine groups is 1. The van der Waals surface area contributed by atoms with Gasteiger partial charge in [-0.2, -0.15) is 0 Å². The van der Waals surface area contributed by atoms with E-state index in [1.54, 1.807) is 10.5 Å². The van der Waals surface area contributed by atoms with E-state index in [1.165, 1.54) is 25.7 Å². The minimum atomic E-state index is -0.452. The fourth-order valence-electron chi connectivity index (χ4n) is 2.71. The van der Waals surface area contributed by atoms with E-state index in [9.17, 15) is 4.79 Å². The molecule has 0 aromatic rings. The molecule has 0 saturated heterocycles. The maximum atomic E-state index is 12.1. The average Bonchev–Trinajstić information content (AvgIpc) is 2.47. The maximum Gasteiger partial charge on any atom is 0.410 e. The quantitative estimate of drug-likeness (QED) is 0.815. The third-order valence-corrected chi connectivity index (χ3v) is 3.83. The van der Waals surface area contributed by atoms with Crippen molar-refractivity contribution in [1.82, 2.24) is 10.2 Å². The topological polar surface area (TPSA) is 53.9 Å². The van der Waals surface area contributed by atoms with E-state index >= 15 is 0 Å². The molecule has 2 rings (SSSR count). The molecular formula is C17H29N3O2. The summed E-state index contributed by atoms with van der Waals surface area (Å²) < 4.78 is 5.42. The molecule has 1 N–H and O–H groups in total. The molecule has 1 amide bonds. The SMILES string of the molecule is CC(C)(C)OC(=O)N1CCN=C(NCCC2=CCCCC2)C1. The van der Waals surface area contributed by atoms with E-state index in [4.69, 9.17) is 4.74 Å². The van der Waals surface area contributed by atoms with E-state index in [2.05, 4.69) is 16.4 Å². The molecule has 0 bridgehead atoms. The summed E-state index contributed by atoms with van der Waals surface area (Å²) in [5, 5.41) is 3.38. The van der Waals surface area contributed by atoms with Gasteiger partial charge >= 0.3 is 6.09 Å². The fourth-order valence-corrected chi connectivity index (χ4v) is 2.71. The number of nitrogens with one attached hydrogen (secondary N) is 1. The van der Waals surface area contributed by atoms with Crippen LogP contribution in [-0.4, -0.2) is 48.6 Å². The molecule has 5 heteroatoms. The Morgan fingerprint density at radius 1 is 1.41 bits per heavy atom. The fraction of sp³-hybridized carbons (Fsp3) is 0.765. The smallest absolute Gasteiger partial charge is 0.410 e. The molecule has 22 heavy (non-hydrogen) atoms. The Balaban J connectivity index is 1.74. The van der Waals surface area contributed by atoms with Gasteiger partial charge in [-0.15, -0.1) is 0 Å². The van der Waals surface area contributed by atoms with Crippen molar-refractivity contribution in [3.63, 3.8) is 0 Å². The van der Waals surface area contributed by atoms with Crippen molar-refractivity contribution in [2.75, 3.05) is 26.2 Å². The zero-order valence-electron chi connectivity index (χ0n) is 14.2. The Labute approximate surface area is 133 Å². The van der Waals surface area contributed by atoms with Crippen LogP contribution in [-0.2, 0) is 4.74 Å². The van der Waals surface area contributed by atoms with Crippen LogP contribution in [0.4, 0.5) is 4.79 Å². The van der Waals surface area contributed by atoms with Crippen molar-refractivity contribution in [2.24, 2.45) is 4.99 Å². The van der Waals surface area contributed by atoms with Gasteiger partial charge in [0, 0.05) is 13.1 Å². The third kappa shape index (κ3) is 5.70. The molecule has 0 atom stereocenters. The standard InChI is InChI=1S/C17H29N3O2/c1-17(2,3)22-16(21)20-12-11-19-15(13-20)18-10-9-14-7-5-4-6-8-14/h7H,4-6,8-13H2,1-3H3,(H,18,19). The number of ether oxygens (including phenoxy) is 1. The van der Waals surface area contributed by atoms with Gasteiger partial charge in [-0.3, -0.25) is 9.89 Å². The monoisotopic (exact) mass is 307 g/mol. The number of amides is 1. The highest BCUT2D eigenvalue weighted by Gasteiger charge is 2.24. The lowest BCUT2D eigenvalue weighted by atomic mass is 9.97. The van der Waals surface area contributed by atoms with Gasteiger partial charge in [-0.1, -0.05) is 11.6 Å². The summed E-state index contributed by atoms with van der Waals surface area (Å²) in [6, 6.07) is 0. The lowest BCUT2D eigenvalue weighted by Gasteiger charge is -2.30. The molecule has 0 unspecified atom stereocenters. The van der Waals surface area contributed by atoms with Crippen LogP contribution in [0, 0.1) is 0 Å². The third-order valence-electron chi connectivity index (χ3n) is 3.83. The second kappa shape index (κ2) is 7.65. The molecule has 0 radical (unpaired) electrons. The zero-order valence-corrected chi connectivity index (χ0v) is 14.2. The van der Waals surface area contributed by atoms with Gasteiger partial charge in [-0.25, -0.2) is 4.79 Å². The number of rotatable bonds is 3. The van der Waals surface area contributed by atoms with Crippen LogP contribution >= 0.6 is 0 Å². The first-order chi connectivity index (χ1) is 10.4. The number of allylic oxidation sites excluding steroid dienone is 1. The Morgan fingerprint density at radius 2 is 2.23 bits per heavy atom. The van der Waals surface area contributed by atoms with Crippen molar-refractivity contribution >= 4 is 11.9 Å². The molecule has 2 aliphatic rings. The Hall–Kier alpha value is -1.52. The summed E-state index contributed by atoms with van der Waals surface area (Å²) in [5.41, 5.74) is 1.10. The van der Waals surface area contributed by atoms with Crippen LogP contribution in [0.15, 0.2) is 16.6 Å². The summed E-state index contributed by atoms with van der Waals surface area (Å²) in [6.45, 7) is 8.36. The maximum absolute atomic E-state index is 12.1. The van der Waals surface area contributed by atoms with Gasteiger partial charge < -0.3 is 10.1 Å². The molecule has 5 nitrogen and oxygen atoms in total. The Morgan fingerprint density at radius 3 is 2.91 bits per heavy atom. The molecule has 1 aliphatic carbocycles. The molecule has 124 valence electrons. The summed E-state index contributed by atoms with van der Waals surface area (Å²) in [6.07, 6.45) is 8.30. The number of carbonyl (C=O) groups excluding carboxylic acids is 1. The van der Waals surface area contributed by atoms with E-state index in [1.807, 2.05) is 20.8 Å². The van der Waals surface area contributed by atoms with Gasteiger partial charge in [0.2, 0.25) is 0 Å². The van der Waals surface area contributed by atoms with E-state index < -0.39 is 5.60 Å². The van der Waals surface area contributed by atoms with Crippen LogP contribution in [0.1, 0.15) is 52.9 Å². The van der Waals surface area contributed by atoms with Gasteiger partial charge in [0.05, 0.1) is 13.1 Å². The van der Waals surface area contributed by atoms with Gasteiger partial charge in [-0.05, 0) is 52.9 Å². The molecular weight excluding hydrogens is 278 g/mol. The van der Waals surface area contributed by atoms with Crippen LogP contribution in [0.3, 0.4) is 0 Å². The molecule has 0 spiro atoms. The highest BCUT2D eigenvalue weighted by Crippen LogP contribution is 2.19. The van der Waals surface area contributed by atoms with Gasteiger partial charge in [0.25, 0.3) is 0 Å². The van der Waals surface area contributed by atoms with Crippen LogP contribution in [0.5, 0.6) is 0 Å². The summed E-state index contributed by atoms with van der Waals surface area (Å²) >= 11 is 0. The summed E-state index contributed by atoms with van der Waals surface area (Å²) in [7, 11) is 0. The zero-order chi connectivity index (χ0) is 16.0. The second-order valence-electron chi connectivity index (χ2n) is 7.02. The van der Waals surface area contributed by atoms with Gasteiger partial charge in [0.1, 0.15) is 11.4 Å². The highest BCUT2D eigenvalue weighted by molar-refractivity contribution is 5.87. The average molecular weight is 307 g/mol. The Bertz CT molecular complexity index is 449. The lowest BCUT2D eigenvalue weighted by molar-refractivity contribution is 0.0276. The highest BCUT2D eigenvalue weighted by atomic mass is 16.6. The number of hydrogen-bond donors (Lipinski definition) is 1. The van der Waals surface area contributed by atoms with Crippen molar-refractivity contribution in [3.8, 4) is 0 Å². The van der Waals surface area contributed by atoms with Crippen LogP contribution < -0.4 is 5.32 Å². The minimum Gasteiger partial charge on any atom is -0.444 e. The van der Waals surface area contributed by atoms with Crippen LogP contribution in [0.2, 0.25) is 0 Å².